The number of Topliss-reactive ketones (excluding diaryl/α,β-unsaturated/α-hetero) is 6. The maximum absolute atomic E-state index is 11.4. The Morgan fingerprint density at radius 3 is 0.603 bits per heavy atom. The Morgan fingerprint density at radius 2 is 0.423 bits per heavy atom. The fourth-order valence-electron chi connectivity index (χ4n) is 5.43. The van der Waals surface area contributed by atoms with Crippen molar-refractivity contribution in [1.82, 2.24) is 0 Å². The van der Waals surface area contributed by atoms with E-state index in [1.807, 2.05) is 55.4 Å². The van der Waals surface area contributed by atoms with E-state index in [9.17, 15) is 28.8 Å². The largest absolute Gasteiger partial charge is 0.370 e. The van der Waals surface area contributed by atoms with Crippen LogP contribution in [0.25, 0.3) is 0 Å². The highest BCUT2D eigenvalue weighted by atomic mass is 16.1. The summed E-state index contributed by atoms with van der Waals surface area (Å²) >= 11 is 0. The van der Waals surface area contributed by atoms with E-state index in [4.69, 9.17) is 103 Å². The molecule has 6 atom stereocenters. The molecule has 0 amide bonds. The molecule has 0 fully saturated rings. The van der Waals surface area contributed by atoms with Gasteiger partial charge in [0.1, 0.15) is 0 Å². The van der Waals surface area contributed by atoms with Crippen molar-refractivity contribution in [3.63, 3.8) is 0 Å². The second-order valence-corrected chi connectivity index (χ2v) is 19.6. The van der Waals surface area contributed by atoms with Crippen LogP contribution in [0.4, 0.5) is 0 Å². The van der Waals surface area contributed by atoms with Crippen LogP contribution in [0.15, 0.2) is 30.0 Å². The van der Waals surface area contributed by atoms with Gasteiger partial charge in [0.15, 0.2) is 70.5 Å². The highest BCUT2D eigenvalue weighted by Crippen LogP contribution is 2.06. The maximum Gasteiger partial charge on any atom is 0.185 e. The zero-order chi connectivity index (χ0) is 62.6. The number of carbonyl (C=O) groups is 6. The Balaban J connectivity index is -0.000000200. The molecular weight excluding hydrogens is 1010 g/mol. The highest BCUT2D eigenvalue weighted by Gasteiger charge is 2.20. The van der Waals surface area contributed by atoms with Crippen molar-refractivity contribution in [2.45, 2.75) is 158 Å². The van der Waals surface area contributed by atoms with Crippen molar-refractivity contribution in [1.29, 1.82) is 0 Å². The summed E-state index contributed by atoms with van der Waals surface area (Å²) in [4.78, 5) is 90.1. The molecule has 0 aromatic carbocycles. The van der Waals surface area contributed by atoms with Crippen LogP contribution in [0, 0.1) is 35.5 Å². The lowest BCUT2D eigenvalue weighted by Gasteiger charge is -2.11. The molecule has 0 rings (SSSR count). The van der Waals surface area contributed by atoms with Crippen LogP contribution >= 0.6 is 0 Å². The van der Waals surface area contributed by atoms with Crippen molar-refractivity contribution < 1.29 is 28.8 Å². The fraction of sp³-hybridized carbons (Fsp3) is 0.750. The van der Waals surface area contributed by atoms with Gasteiger partial charge in [0.25, 0.3) is 0 Å². The Labute approximate surface area is 463 Å². The topological polar surface area (TPSA) is 645 Å². The summed E-state index contributed by atoms with van der Waals surface area (Å²) in [5.74, 6) is 0.133. The third-order valence-corrected chi connectivity index (χ3v) is 9.95. The maximum atomic E-state index is 11.4. The third-order valence-electron chi connectivity index (χ3n) is 9.95. The SMILES string of the molecule is CC(C)C(=O)[C@@H](N)CCCN=C(N)N.CC(C)C(=O)[C@@H](N)CCN=C(N)N.CC(C)C(=O)[C@@H](N)CN=C(N)N.CC(C)C(=O)[C@H](N)CCCN=C(N)N.CC(C)C(=O)[C@H](N)CCN=C(N)N.CC(C)C(=O)[C@H](N)CN=C(N)N. The molecule has 456 valence electrons. The van der Waals surface area contributed by atoms with Gasteiger partial charge < -0.3 is 103 Å². The molecule has 0 aliphatic carbocycles. The zero-order valence-corrected chi connectivity index (χ0v) is 48.9. The van der Waals surface area contributed by atoms with Crippen LogP contribution in [-0.4, -0.2) is 146 Å². The second kappa shape index (κ2) is 48.7. The Kier molecular flexibility index (Phi) is 51.7. The number of hydrogen-bond acceptors (Lipinski definition) is 18. The summed E-state index contributed by atoms with van der Waals surface area (Å²) in [5.41, 5.74) is 94.9. The molecule has 0 saturated heterocycles. The van der Waals surface area contributed by atoms with E-state index in [0.717, 1.165) is 12.8 Å². The van der Waals surface area contributed by atoms with E-state index in [0.29, 0.717) is 51.9 Å². The number of ketones is 6. The molecule has 0 heterocycles. The predicted molar refractivity (Wildman–Crippen MR) is 319 cm³/mol. The molecule has 0 spiro atoms. The van der Waals surface area contributed by atoms with Gasteiger partial charge in [-0.2, -0.15) is 0 Å². The van der Waals surface area contributed by atoms with Gasteiger partial charge >= 0.3 is 0 Å². The standard InChI is InChI=1S/2C9H20N4O.2C8H18N4O.2C7H16N4O/c2*1-6(2)8(14)7(10)4-3-5-13-9(11)12;2*1-5(2)7(13)6(9)3-4-12-8(10)11;2*1-4(2)6(12)5(8)3-11-7(9)10/h2*6-7H,3-5,10H2,1-2H3,(H4,11,12,13);2*5-6H,3-4,9H2,1-2H3,(H4,10,11,12);2*4-5H,3,8H2,1-2H3,(H4,9,10,11)/t2*7-;2*6-;2*5-/m101010/s1. The summed E-state index contributed by atoms with van der Waals surface area (Å²) in [6.45, 7) is 24.0. The van der Waals surface area contributed by atoms with Crippen LogP contribution in [0.2, 0.25) is 0 Å². The number of rotatable bonds is 30. The van der Waals surface area contributed by atoms with E-state index in [-0.39, 0.29) is 131 Å². The summed E-state index contributed by atoms with van der Waals surface area (Å²) in [6, 6.07) is -2.86. The monoisotopic (exact) mass is 1120 g/mol. The van der Waals surface area contributed by atoms with Crippen molar-refractivity contribution >= 4 is 70.5 Å². The molecule has 0 radical (unpaired) electrons. The fourth-order valence-corrected chi connectivity index (χ4v) is 5.43. The predicted octanol–water partition coefficient (Wildman–Crippen LogP) is -4.79. The molecule has 30 nitrogen and oxygen atoms in total. The van der Waals surface area contributed by atoms with Crippen molar-refractivity contribution in [3.05, 3.63) is 0 Å². The first-order valence-electron chi connectivity index (χ1n) is 25.8. The normalized spacial score (nSPS) is 12.6. The van der Waals surface area contributed by atoms with E-state index >= 15 is 0 Å². The van der Waals surface area contributed by atoms with Crippen molar-refractivity contribution in [3.8, 4) is 0 Å². The molecule has 0 aliphatic heterocycles. The quantitative estimate of drug-likeness (QED) is 0.0182. The Morgan fingerprint density at radius 1 is 0.256 bits per heavy atom. The van der Waals surface area contributed by atoms with E-state index in [1.54, 1.807) is 27.7 Å². The summed E-state index contributed by atoms with van der Waals surface area (Å²) in [7, 11) is 0. The Bertz CT molecular complexity index is 1730. The van der Waals surface area contributed by atoms with Gasteiger partial charge in [-0.1, -0.05) is 83.1 Å². The summed E-state index contributed by atoms with van der Waals surface area (Å²) in [6.07, 6.45) is 3.72. The summed E-state index contributed by atoms with van der Waals surface area (Å²) < 4.78 is 0. The average molecular weight is 1120 g/mol. The molecular formula is C48H108N24O6. The summed E-state index contributed by atoms with van der Waals surface area (Å²) in [5, 5.41) is 0. The smallest absolute Gasteiger partial charge is 0.185 e. The van der Waals surface area contributed by atoms with Gasteiger partial charge in [0, 0.05) is 61.7 Å². The minimum atomic E-state index is -0.591. The molecule has 0 saturated carbocycles. The first-order valence-corrected chi connectivity index (χ1v) is 25.8. The first-order chi connectivity index (χ1) is 35.7. The van der Waals surface area contributed by atoms with E-state index in [1.165, 1.54) is 0 Å². The molecule has 30 heteroatoms. The van der Waals surface area contributed by atoms with Gasteiger partial charge in [-0.3, -0.25) is 58.7 Å². The van der Waals surface area contributed by atoms with Crippen LogP contribution < -0.4 is 103 Å². The number of nitrogens with two attached hydrogens (primary N) is 18. The van der Waals surface area contributed by atoms with Crippen LogP contribution in [0.5, 0.6) is 0 Å². The molecule has 0 unspecified atom stereocenters. The van der Waals surface area contributed by atoms with Gasteiger partial charge in [-0.05, 0) is 38.5 Å². The Hall–Kier alpha value is -6.60. The van der Waals surface area contributed by atoms with Gasteiger partial charge in [0.2, 0.25) is 0 Å². The van der Waals surface area contributed by atoms with E-state index < -0.39 is 24.2 Å². The minimum absolute atomic E-state index is 0.00641. The number of guanidine groups is 6. The van der Waals surface area contributed by atoms with Crippen LogP contribution in [0.3, 0.4) is 0 Å². The molecule has 78 heavy (non-hydrogen) atoms. The second-order valence-electron chi connectivity index (χ2n) is 19.6. The third kappa shape index (κ3) is 54.2. The van der Waals surface area contributed by atoms with E-state index in [2.05, 4.69) is 30.0 Å². The highest BCUT2D eigenvalue weighted by molar-refractivity contribution is 5.88. The van der Waals surface area contributed by atoms with Gasteiger partial charge in [-0.25, -0.2) is 0 Å². The molecule has 36 N–H and O–H groups in total. The molecule has 0 aromatic heterocycles. The van der Waals surface area contributed by atoms with Gasteiger partial charge in [0.05, 0.1) is 49.3 Å². The lowest BCUT2D eigenvalue weighted by molar-refractivity contribution is -0.124. The lowest BCUT2D eigenvalue weighted by atomic mass is 9.99. The number of hydrogen-bond donors (Lipinski definition) is 18. The number of nitrogens with zero attached hydrogens (tertiary/aromatic N) is 6. The molecule has 0 aliphatic rings. The first kappa shape index (κ1) is 82.7. The average Bonchev–Trinajstić information content (AvgIpc) is 3.33. The van der Waals surface area contributed by atoms with Gasteiger partial charge in [-0.15, -0.1) is 0 Å². The number of aliphatic imine (C=N–C) groups is 6. The van der Waals surface area contributed by atoms with Crippen LogP contribution in [-0.2, 0) is 28.8 Å². The molecule has 0 aromatic rings. The van der Waals surface area contributed by atoms with Crippen molar-refractivity contribution in [2.24, 2.45) is 169 Å². The number of carbonyl (C=O) groups excluding carboxylic acids is 6. The minimum Gasteiger partial charge on any atom is -0.370 e. The lowest BCUT2D eigenvalue weighted by Crippen LogP contribution is -2.37. The molecule has 0 bridgehead atoms. The van der Waals surface area contributed by atoms with Crippen LogP contribution in [0.1, 0.15) is 122 Å². The zero-order valence-electron chi connectivity index (χ0n) is 48.9. The van der Waals surface area contributed by atoms with Crippen molar-refractivity contribution in [2.75, 3.05) is 39.3 Å².